The number of ether oxygens (including phenoxy) is 3. The zero-order valence-electron chi connectivity index (χ0n) is 16.6. The minimum atomic E-state index is -0.0646. The maximum Gasteiger partial charge on any atom is 0.317 e. The Labute approximate surface area is 165 Å². The largest absolute Gasteiger partial charge is 0.493 e. The van der Waals surface area contributed by atoms with Crippen LogP contribution in [0.1, 0.15) is 24.1 Å². The Morgan fingerprint density at radius 2 is 1.89 bits per heavy atom. The molecule has 0 unspecified atom stereocenters. The van der Waals surface area contributed by atoms with E-state index in [1.165, 1.54) is 0 Å². The molecule has 7 heteroatoms. The summed E-state index contributed by atoms with van der Waals surface area (Å²) in [6, 6.07) is 9.43. The average molecular weight is 385 g/mol. The quantitative estimate of drug-likeness (QED) is 0.827. The summed E-state index contributed by atoms with van der Waals surface area (Å²) in [5.41, 5.74) is 1.92. The molecule has 0 spiro atoms. The second-order valence-electron chi connectivity index (χ2n) is 6.79. The zero-order chi connectivity index (χ0) is 19.9. The molecule has 28 heavy (non-hydrogen) atoms. The molecule has 150 valence electrons. The monoisotopic (exact) mass is 385 g/mol. The van der Waals surface area contributed by atoms with Crippen LogP contribution >= 0.6 is 0 Å². The van der Waals surface area contributed by atoms with E-state index < -0.39 is 0 Å². The number of likely N-dealkylation sites (tertiary alicyclic amines) is 1. The lowest BCUT2D eigenvalue weighted by molar-refractivity contribution is 0.110. The van der Waals surface area contributed by atoms with Gasteiger partial charge in [-0.15, -0.1) is 0 Å². The lowest BCUT2D eigenvalue weighted by atomic mass is 10.1. The summed E-state index contributed by atoms with van der Waals surface area (Å²) < 4.78 is 16.5. The molecule has 2 heterocycles. The summed E-state index contributed by atoms with van der Waals surface area (Å²) in [7, 11) is 3.20. The standard InChI is InChI=1S/C21H27N3O4/c1-15-4-6-18(14-22-15)28-17-8-10-24(11-9-17)21(25)23-13-16-5-7-19(26-2)20(12-16)27-3/h4-7,12,14,17H,8-11,13H2,1-3H3,(H,23,25). The van der Waals surface area contributed by atoms with Gasteiger partial charge in [-0.05, 0) is 36.8 Å². The highest BCUT2D eigenvalue weighted by atomic mass is 16.5. The van der Waals surface area contributed by atoms with E-state index in [2.05, 4.69) is 10.3 Å². The highest BCUT2D eigenvalue weighted by Crippen LogP contribution is 2.27. The predicted octanol–water partition coefficient (Wildman–Crippen LogP) is 3.16. The molecule has 2 amide bonds. The van der Waals surface area contributed by atoms with Gasteiger partial charge >= 0.3 is 6.03 Å². The molecule has 1 aromatic carbocycles. The van der Waals surface area contributed by atoms with Gasteiger partial charge in [-0.3, -0.25) is 4.98 Å². The second kappa shape index (κ2) is 9.30. The molecule has 1 N–H and O–H groups in total. The lowest BCUT2D eigenvalue weighted by Crippen LogP contribution is -2.46. The number of nitrogens with one attached hydrogen (secondary N) is 1. The number of benzene rings is 1. The molecule has 1 aliphatic heterocycles. The normalized spacial score (nSPS) is 14.5. The molecule has 7 nitrogen and oxygen atoms in total. The zero-order valence-corrected chi connectivity index (χ0v) is 16.6. The highest BCUT2D eigenvalue weighted by Gasteiger charge is 2.24. The van der Waals surface area contributed by atoms with Gasteiger partial charge < -0.3 is 24.4 Å². The number of carbonyl (C=O) groups excluding carboxylic acids is 1. The molecule has 2 aromatic rings. The Hall–Kier alpha value is -2.96. The molecule has 1 saturated heterocycles. The molecule has 1 fully saturated rings. The van der Waals surface area contributed by atoms with E-state index in [4.69, 9.17) is 14.2 Å². The number of hydrogen-bond acceptors (Lipinski definition) is 5. The summed E-state index contributed by atoms with van der Waals surface area (Å²) in [6.07, 6.45) is 3.46. The SMILES string of the molecule is COc1ccc(CNC(=O)N2CCC(Oc3ccc(C)nc3)CC2)cc1OC. The molecule has 0 bridgehead atoms. The van der Waals surface area contributed by atoms with E-state index in [0.717, 1.165) is 29.8 Å². The van der Waals surface area contributed by atoms with Crippen molar-refractivity contribution in [3.05, 3.63) is 47.8 Å². The van der Waals surface area contributed by atoms with Gasteiger partial charge in [0.05, 0.1) is 20.4 Å². The Morgan fingerprint density at radius 3 is 2.54 bits per heavy atom. The molecule has 1 aliphatic rings. The van der Waals surface area contributed by atoms with Crippen molar-refractivity contribution in [2.24, 2.45) is 0 Å². The maximum absolute atomic E-state index is 12.5. The summed E-state index contributed by atoms with van der Waals surface area (Å²) >= 11 is 0. The van der Waals surface area contributed by atoms with Crippen LogP contribution in [0.4, 0.5) is 4.79 Å². The van der Waals surface area contributed by atoms with Crippen LogP contribution in [-0.2, 0) is 6.54 Å². The van der Waals surface area contributed by atoms with Gasteiger partial charge in [0.2, 0.25) is 0 Å². The third kappa shape index (κ3) is 5.06. The van der Waals surface area contributed by atoms with Crippen molar-refractivity contribution in [2.45, 2.75) is 32.4 Å². The average Bonchev–Trinajstić information content (AvgIpc) is 2.74. The van der Waals surface area contributed by atoms with Crippen molar-refractivity contribution in [1.29, 1.82) is 0 Å². The minimum Gasteiger partial charge on any atom is -0.493 e. The second-order valence-corrected chi connectivity index (χ2v) is 6.79. The van der Waals surface area contributed by atoms with Gasteiger partial charge in [0.1, 0.15) is 11.9 Å². The number of carbonyl (C=O) groups is 1. The fourth-order valence-electron chi connectivity index (χ4n) is 3.17. The molecular weight excluding hydrogens is 358 g/mol. The van der Waals surface area contributed by atoms with Crippen molar-refractivity contribution < 1.29 is 19.0 Å². The van der Waals surface area contributed by atoms with Crippen LogP contribution < -0.4 is 19.5 Å². The van der Waals surface area contributed by atoms with Crippen molar-refractivity contribution in [1.82, 2.24) is 15.2 Å². The van der Waals surface area contributed by atoms with Gasteiger partial charge in [-0.2, -0.15) is 0 Å². The first kappa shape index (κ1) is 19.8. The number of aryl methyl sites for hydroxylation is 1. The van der Waals surface area contributed by atoms with Crippen LogP contribution in [0.15, 0.2) is 36.5 Å². The number of hydrogen-bond donors (Lipinski definition) is 1. The van der Waals surface area contributed by atoms with Gasteiger partial charge in [0, 0.05) is 38.2 Å². The molecule has 0 aliphatic carbocycles. The number of pyridine rings is 1. The van der Waals surface area contributed by atoms with E-state index in [1.54, 1.807) is 20.4 Å². The predicted molar refractivity (Wildman–Crippen MR) is 106 cm³/mol. The minimum absolute atomic E-state index is 0.0646. The third-order valence-electron chi connectivity index (χ3n) is 4.81. The first-order valence-electron chi connectivity index (χ1n) is 9.42. The number of rotatable bonds is 6. The van der Waals surface area contributed by atoms with Crippen LogP contribution in [0, 0.1) is 6.92 Å². The van der Waals surface area contributed by atoms with Crippen molar-refractivity contribution in [3.63, 3.8) is 0 Å². The number of aromatic nitrogens is 1. The van der Waals surface area contributed by atoms with E-state index in [-0.39, 0.29) is 12.1 Å². The van der Waals surface area contributed by atoms with Crippen molar-refractivity contribution in [3.8, 4) is 17.2 Å². The Morgan fingerprint density at radius 1 is 1.14 bits per heavy atom. The van der Waals surface area contributed by atoms with Crippen LogP contribution in [0.5, 0.6) is 17.2 Å². The number of methoxy groups -OCH3 is 2. The molecule has 3 rings (SSSR count). The van der Waals surface area contributed by atoms with Crippen LogP contribution in [-0.4, -0.2) is 49.3 Å². The van der Waals surface area contributed by atoms with E-state index in [1.807, 2.05) is 42.2 Å². The summed E-state index contributed by atoms with van der Waals surface area (Å²) in [5, 5.41) is 2.97. The molecule has 1 aromatic heterocycles. The topological polar surface area (TPSA) is 72.9 Å². The lowest BCUT2D eigenvalue weighted by Gasteiger charge is -2.32. The van der Waals surface area contributed by atoms with E-state index in [9.17, 15) is 4.79 Å². The first-order valence-corrected chi connectivity index (χ1v) is 9.42. The smallest absolute Gasteiger partial charge is 0.317 e. The molecular formula is C21H27N3O4. The number of amides is 2. The Bertz CT molecular complexity index is 787. The van der Waals surface area contributed by atoms with Gasteiger partial charge in [-0.25, -0.2) is 4.79 Å². The number of nitrogens with zero attached hydrogens (tertiary/aromatic N) is 2. The van der Waals surface area contributed by atoms with Crippen molar-refractivity contribution >= 4 is 6.03 Å². The Balaban J connectivity index is 1.45. The summed E-state index contributed by atoms with van der Waals surface area (Å²) in [4.78, 5) is 18.5. The fourth-order valence-corrected chi connectivity index (χ4v) is 3.17. The summed E-state index contributed by atoms with van der Waals surface area (Å²) in [5.74, 6) is 2.10. The van der Waals surface area contributed by atoms with Crippen molar-refractivity contribution in [2.75, 3.05) is 27.3 Å². The van der Waals surface area contributed by atoms with Gasteiger partial charge in [-0.1, -0.05) is 6.07 Å². The van der Waals surface area contributed by atoms with E-state index >= 15 is 0 Å². The highest BCUT2D eigenvalue weighted by molar-refractivity contribution is 5.74. The molecule has 0 atom stereocenters. The van der Waals surface area contributed by atoms with E-state index in [0.29, 0.717) is 31.1 Å². The van der Waals surface area contributed by atoms with Gasteiger partial charge in [0.25, 0.3) is 0 Å². The third-order valence-corrected chi connectivity index (χ3v) is 4.81. The van der Waals surface area contributed by atoms with Crippen LogP contribution in [0.3, 0.4) is 0 Å². The summed E-state index contributed by atoms with van der Waals surface area (Å²) in [6.45, 7) is 3.72. The fraction of sp³-hybridized carbons (Fsp3) is 0.429. The number of piperidine rings is 1. The maximum atomic E-state index is 12.5. The Kier molecular flexibility index (Phi) is 6.57. The molecule has 0 saturated carbocycles. The van der Waals surface area contributed by atoms with Gasteiger partial charge in [0.15, 0.2) is 11.5 Å². The number of urea groups is 1. The van der Waals surface area contributed by atoms with Crippen LogP contribution in [0.25, 0.3) is 0 Å². The molecule has 0 radical (unpaired) electrons. The first-order chi connectivity index (χ1) is 13.6. The van der Waals surface area contributed by atoms with Crippen LogP contribution in [0.2, 0.25) is 0 Å².